The predicted octanol–water partition coefficient (Wildman–Crippen LogP) is 1.16. The zero-order valence-electron chi connectivity index (χ0n) is 6.53. The van der Waals surface area contributed by atoms with Crippen LogP contribution in [0.5, 0.6) is 0 Å². The quantitative estimate of drug-likeness (QED) is 0.611. The molecule has 2 heteroatoms. The van der Waals surface area contributed by atoms with Crippen molar-refractivity contribution in [2.45, 2.75) is 19.3 Å². The standard InChI is InChI=1S/C9H13NO/c10-4-7-1-6-2-8(5-11)9(7)3-6/h6-9,11H,1-3,5H2. The van der Waals surface area contributed by atoms with Gasteiger partial charge in [0.25, 0.3) is 0 Å². The van der Waals surface area contributed by atoms with E-state index >= 15 is 0 Å². The molecule has 0 spiro atoms. The third-order valence-electron chi connectivity index (χ3n) is 3.35. The number of aliphatic hydroxyl groups is 1. The molecule has 4 atom stereocenters. The van der Waals surface area contributed by atoms with Crippen LogP contribution in [0.25, 0.3) is 0 Å². The first kappa shape index (κ1) is 7.12. The van der Waals surface area contributed by atoms with E-state index in [1.54, 1.807) is 0 Å². The first-order valence-electron chi connectivity index (χ1n) is 4.35. The molecule has 2 saturated carbocycles. The van der Waals surface area contributed by atoms with Crippen molar-refractivity contribution in [1.82, 2.24) is 0 Å². The Morgan fingerprint density at radius 1 is 1.36 bits per heavy atom. The summed E-state index contributed by atoms with van der Waals surface area (Å²) in [5.74, 6) is 1.97. The van der Waals surface area contributed by atoms with Crippen molar-refractivity contribution in [3.8, 4) is 6.07 Å². The Hall–Kier alpha value is -0.550. The Balaban J connectivity index is 2.09. The highest BCUT2D eigenvalue weighted by Crippen LogP contribution is 2.51. The number of rotatable bonds is 1. The summed E-state index contributed by atoms with van der Waals surface area (Å²) in [6.45, 7) is 0.291. The molecule has 2 nitrogen and oxygen atoms in total. The van der Waals surface area contributed by atoms with Crippen LogP contribution >= 0.6 is 0 Å². The largest absolute Gasteiger partial charge is 0.396 e. The summed E-state index contributed by atoms with van der Waals surface area (Å²) in [4.78, 5) is 0. The highest BCUT2D eigenvalue weighted by Gasteiger charge is 2.45. The van der Waals surface area contributed by atoms with Crippen molar-refractivity contribution in [3.05, 3.63) is 0 Å². The van der Waals surface area contributed by atoms with E-state index in [1.807, 2.05) is 0 Å². The molecular weight excluding hydrogens is 138 g/mol. The lowest BCUT2D eigenvalue weighted by Crippen LogP contribution is -2.21. The second kappa shape index (κ2) is 2.49. The Morgan fingerprint density at radius 3 is 2.73 bits per heavy atom. The molecule has 0 aromatic rings. The number of nitrogens with zero attached hydrogens (tertiary/aromatic N) is 1. The van der Waals surface area contributed by atoms with E-state index in [9.17, 15) is 0 Å². The molecule has 2 aliphatic carbocycles. The number of hydrogen-bond donors (Lipinski definition) is 1. The van der Waals surface area contributed by atoms with Gasteiger partial charge in [-0.05, 0) is 37.0 Å². The van der Waals surface area contributed by atoms with Crippen molar-refractivity contribution in [1.29, 1.82) is 5.26 Å². The molecule has 0 aliphatic heterocycles. The van der Waals surface area contributed by atoms with Crippen LogP contribution in [0.1, 0.15) is 19.3 Å². The van der Waals surface area contributed by atoms with Gasteiger partial charge in [0, 0.05) is 12.5 Å². The van der Waals surface area contributed by atoms with E-state index in [1.165, 1.54) is 12.8 Å². The molecule has 0 heterocycles. The van der Waals surface area contributed by atoms with Gasteiger partial charge in [-0.25, -0.2) is 0 Å². The molecular formula is C9H13NO. The van der Waals surface area contributed by atoms with Crippen LogP contribution in [0, 0.1) is 35.0 Å². The van der Waals surface area contributed by atoms with Crippen LogP contribution in [-0.2, 0) is 0 Å². The van der Waals surface area contributed by atoms with Crippen molar-refractivity contribution in [3.63, 3.8) is 0 Å². The normalized spacial score (nSPS) is 47.6. The highest BCUT2D eigenvalue weighted by molar-refractivity contribution is 5.03. The first-order chi connectivity index (χ1) is 5.35. The van der Waals surface area contributed by atoms with Gasteiger partial charge in [-0.3, -0.25) is 0 Å². The van der Waals surface area contributed by atoms with Crippen LogP contribution in [0.3, 0.4) is 0 Å². The van der Waals surface area contributed by atoms with Gasteiger partial charge in [-0.1, -0.05) is 0 Å². The lowest BCUT2D eigenvalue weighted by Gasteiger charge is -2.22. The molecule has 11 heavy (non-hydrogen) atoms. The van der Waals surface area contributed by atoms with Gasteiger partial charge in [0.05, 0.1) is 6.07 Å². The van der Waals surface area contributed by atoms with Gasteiger partial charge in [-0.15, -0.1) is 0 Å². The van der Waals surface area contributed by atoms with Gasteiger partial charge in [-0.2, -0.15) is 5.26 Å². The van der Waals surface area contributed by atoms with E-state index in [0.717, 1.165) is 12.3 Å². The van der Waals surface area contributed by atoms with Crippen molar-refractivity contribution < 1.29 is 5.11 Å². The molecule has 1 N–H and O–H groups in total. The monoisotopic (exact) mass is 151 g/mol. The van der Waals surface area contributed by atoms with Crippen LogP contribution in [0.15, 0.2) is 0 Å². The van der Waals surface area contributed by atoms with Crippen LogP contribution in [0.4, 0.5) is 0 Å². The van der Waals surface area contributed by atoms with Crippen molar-refractivity contribution in [2.75, 3.05) is 6.61 Å². The summed E-state index contributed by atoms with van der Waals surface area (Å²) in [5, 5.41) is 17.8. The second-order valence-corrected chi connectivity index (χ2v) is 3.92. The number of nitriles is 1. The summed E-state index contributed by atoms with van der Waals surface area (Å²) < 4.78 is 0. The molecule has 2 bridgehead atoms. The zero-order chi connectivity index (χ0) is 7.84. The summed E-state index contributed by atoms with van der Waals surface area (Å²) in [6.07, 6.45) is 3.46. The molecule has 0 saturated heterocycles. The van der Waals surface area contributed by atoms with Gasteiger partial charge >= 0.3 is 0 Å². The molecule has 2 fully saturated rings. The highest BCUT2D eigenvalue weighted by atomic mass is 16.3. The van der Waals surface area contributed by atoms with Gasteiger partial charge in [0.15, 0.2) is 0 Å². The number of hydrogen-bond acceptors (Lipinski definition) is 2. The Kier molecular flexibility index (Phi) is 1.61. The first-order valence-corrected chi connectivity index (χ1v) is 4.35. The minimum atomic E-state index is 0.255. The minimum absolute atomic E-state index is 0.255. The van der Waals surface area contributed by atoms with E-state index in [2.05, 4.69) is 6.07 Å². The van der Waals surface area contributed by atoms with Gasteiger partial charge in [0.2, 0.25) is 0 Å². The summed E-state index contributed by atoms with van der Waals surface area (Å²) >= 11 is 0. The molecule has 0 aromatic heterocycles. The molecule has 0 radical (unpaired) electrons. The molecule has 0 aromatic carbocycles. The fraction of sp³-hybridized carbons (Fsp3) is 0.889. The molecule has 60 valence electrons. The lowest BCUT2D eigenvalue weighted by atomic mass is 9.82. The second-order valence-electron chi connectivity index (χ2n) is 3.92. The molecule has 2 aliphatic rings. The summed E-state index contributed by atoms with van der Waals surface area (Å²) in [5.41, 5.74) is 0. The number of aliphatic hydroxyl groups excluding tert-OH is 1. The topological polar surface area (TPSA) is 44.0 Å². The average molecular weight is 151 g/mol. The Morgan fingerprint density at radius 2 is 2.18 bits per heavy atom. The van der Waals surface area contributed by atoms with Crippen LogP contribution in [-0.4, -0.2) is 11.7 Å². The van der Waals surface area contributed by atoms with Gasteiger partial charge in [0.1, 0.15) is 0 Å². The average Bonchev–Trinajstić information content (AvgIpc) is 2.60. The summed E-state index contributed by atoms with van der Waals surface area (Å²) in [6, 6.07) is 2.35. The van der Waals surface area contributed by atoms with Gasteiger partial charge < -0.3 is 5.11 Å². The Bertz CT molecular complexity index is 196. The van der Waals surface area contributed by atoms with Crippen LogP contribution in [0.2, 0.25) is 0 Å². The maximum atomic E-state index is 8.99. The SMILES string of the molecule is N#CC1CC2CC(CO)C1C2. The minimum Gasteiger partial charge on any atom is -0.396 e. The van der Waals surface area contributed by atoms with Crippen molar-refractivity contribution in [2.24, 2.45) is 23.7 Å². The third-order valence-corrected chi connectivity index (χ3v) is 3.35. The molecule has 2 rings (SSSR count). The zero-order valence-corrected chi connectivity index (χ0v) is 6.53. The van der Waals surface area contributed by atoms with Crippen molar-refractivity contribution >= 4 is 0 Å². The van der Waals surface area contributed by atoms with E-state index in [-0.39, 0.29) is 5.92 Å². The summed E-state index contributed by atoms with van der Waals surface area (Å²) in [7, 11) is 0. The van der Waals surface area contributed by atoms with E-state index in [0.29, 0.717) is 18.4 Å². The molecule has 0 amide bonds. The third kappa shape index (κ3) is 0.954. The fourth-order valence-corrected chi connectivity index (χ4v) is 2.85. The fourth-order valence-electron chi connectivity index (χ4n) is 2.85. The smallest absolute Gasteiger partial charge is 0.0658 e. The van der Waals surface area contributed by atoms with Crippen LogP contribution < -0.4 is 0 Å². The maximum absolute atomic E-state index is 8.99. The number of fused-ring (bicyclic) bond motifs is 2. The Labute approximate surface area is 66.8 Å². The van der Waals surface area contributed by atoms with E-state index in [4.69, 9.17) is 10.4 Å². The molecule has 4 unspecified atom stereocenters. The van der Waals surface area contributed by atoms with E-state index < -0.39 is 0 Å². The maximum Gasteiger partial charge on any atom is 0.0658 e. The predicted molar refractivity (Wildman–Crippen MR) is 40.5 cm³/mol. The lowest BCUT2D eigenvalue weighted by molar-refractivity contribution is 0.159.